The van der Waals surface area contributed by atoms with E-state index in [2.05, 4.69) is 16.4 Å². The van der Waals surface area contributed by atoms with Crippen LogP contribution in [-0.2, 0) is 6.54 Å². The largest absolute Gasteiger partial charge is 0.316 e. The third-order valence-corrected chi connectivity index (χ3v) is 2.71. The molecule has 0 aliphatic heterocycles. The summed E-state index contributed by atoms with van der Waals surface area (Å²) in [5.41, 5.74) is 4.82. The van der Waals surface area contributed by atoms with E-state index in [4.69, 9.17) is 5.26 Å². The van der Waals surface area contributed by atoms with Crippen LogP contribution in [0.4, 0.5) is 0 Å². The Hall–Kier alpha value is -2.18. The lowest BCUT2D eigenvalue weighted by molar-refractivity contribution is 0.816. The summed E-state index contributed by atoms with van der Waals surface area (Å²) in [6, 6.07) is 12.0. The van der Waals surface area contributed by atoms with Crippen LogP contribution in [0.5, 0.6) is 0 Å². The van der Waals surface area contributed by atoms with Crippen LogP contribution in [0, 0.1) is 18.3 Å². The first kappa shape index (κ1) is 12.3. The number of pyridine rings is 1. The number of rotatable bonds is 3. The van der Waals surface area contributed by atoms with Crippen molar-refractivity contribution in [2.45, 2.75) is 13.5 Å². The lowest BCUT2D eigenvalue weighted by atomic mass is 10.0. The molecule has 2 aromatic rings. The van der Waals surface area contributed by atoms with E-state index in [0.717, 1.165) is 23.4 Å². The molecule has 1 aromatic carbocycles. The van der Waals surface area contributed by atoms with Crippen molar-refractivity contribution in [3.05, 3.63) is 53.2 Å². The highest BCUT2D eigenvalue weighted by atomic mass is 14.8. The number of benzene rings is 1. The predicted octanol–water partition coefficient (Wildman–Crippen LogP) is 2.65. The van der Waals surface area contributed by atoms with Crippen molar-refractivity contribution in [3.8, 4) is 17.3 Å². The van der Waals surface area contributed by atoms with Crippen LogP contribution in [0.3, 0.4) is 0 Å². The molecule has 1 heterocycles. The van der Waals surface area contributed by atoms with Gasteiger partial charge in [-0.2, -0.15) is 5.26 Å². The van der Waals surface area contributed by atoms with Crippen molar-refractivity contribution < 1.29 is 0 Å². The first-order valence-electron chi connectivity index (χ1n) is 5.84. The second-order valence-electron chi connectivity index (χ2n) is 4.28. The van der Waals surface area contributed by atoms with Crippen LogP contribution in [0.1, 0.15) is 16.7 Å². The number of hydrogen-bond acceptors (Lipinski definition) is 3. The fourth-order valence-electron chi connectivity index (χ4n) is 1.94. The maximum absolute atomic E-state index is 8.99. The topological polar surface area (TPSA) is 48.7 Å². The van der Waals surface area contributed by atoms with Gasteiger partial charge in [0, 0.05) is 18.3 Å². The maximum atomic E-state index is 8.99. The van der Waals surface area contributed by atoms with Crippen LogP contribution >= 0.6 is 0 Å². The van der Waals surface area contributed by atoms with Gasteiger partial charge in [-0.25, -0.2) is 0 Å². The summed E-state index contributed by atoms with van der Waals surface area (Å²) in [5, 5.41) is 12.1. The van der Waals surface area contributed by atoms with Crippen LogP contribution in [-0.4, -0.2) is 12.0 Å². The molecule has 0 saturated carbocycles. The molecule has 90 valence electrons. The number of aromatic nitrogens is 1. The van der Waals surface area contributed by atoms with Gasteiger partial charge in [0.25, 0.3) is 0 Å². The van der Waals surface area contributed by atoms with Crippen LogP contribution in [0.15, 0.2) is 36.5 Å². The molecule has 0 fully saturated rings. The smallest absolute Gasteiger partial charge is 0.0991 e. The Morgan fingerprint density at radius 3 is 2.83 bits per heavy atom. The number of hydrogen-bond donors (Lipinski definition) is 1. The summed E-state index contributed by atoms with van der Waals surface area (Å²) in [7, 11) is 1.92. The minimum absolute atomic E-state index is 0.672. The number of nitriles is 1. The first-order chi connectivity index (χ1) is 8.72. The molecule has 3 heteroatoms. The lowest BCUT2D eigenvalue weighted by Crippen LogP contribution is -2.05. The maximum Gasteiger partial charge on any atom is 0.0991 e. The molecule has 0 saturated heterocycles. The average molecular weight is 237 g/mol. The van der Waals surface area contributed by atoms with Crippen molar-refractivity contribution in [2.75, 3.05) is 7.05 Å². The Balaban J connectivity index is 2.45. The summed E-state index contributed by atoms with van der Waals surface area (Å²) in [5.74, 6) is 0. The van der Waals surface area contributed by atoms with Gasteiger partial charge in [-0.15, -0.1) is 0 Å². The average Bonchev–Trinajstić information content (AvgIpc) is 2.39. The third-order valence-electron chi connectivity index (χ3n) is 2.71. The molecule has 3 nitrogen and oxygen atoms in total. The Morgan fingerprint density at radius 1 is 1.28 bits per heavy atom. The molecule has 2 rings (SSSR count). The zero-order valence-electron chi connectivity index (χ0n) is 10.6. The van der Waals surface area contributed by atoms with Gasteiger partial charge in [-0.1, -0.05) is 0 Å². The summed E-state index contributed by atoms with van der Waals surface area (Å²) in [4.78, 5) is 4.37. The molecular weight excluding hydrogens is 222 g/mol. The molecule has 1 aromatic heterocycles. The second kappa shape index (κ2) is 5.44. The van der Waals surface area contributed by atoms with Gasteiger partial charge in [-0.05, 0) is 55.4 Å². The van der Waals surface area contributed by atoms with Gasteiger partial charge in [0.05, 0.1) is 17.3 Å². The molecule has 18 heavy (non-hydrogen) atoms. The van der Waals surface area contributed by atoms with Gasteiger partial charge in [0.2, 0.25) is 0 Å². The third kappa shape index (κ3) is 2.73. The molecule has 0 spiro atoms. The van der Waals surface area contributed by atoms with E-state index in [1.807, 2.05) is 44.3 Å². The molecule has 0 atom stereocenters. The standard InChI is InChI=1S/C15H15N3/c1-11-5-13(9-16)7-14(6-11)15-8-12(10-17-2)3-4-18-15/h3-8,17H,10H2,1-2H3. The van der Waals surface area contributed by atoms with E-state index < -0.39 is 0 Å². The Bertz CT molecular complexity index is 597. The molecule has 0 unspecified atom stereocenters. The summed E-state index contributed by atoms with van der Waals surface area (Å²) in [6.45, 7) is 2.80. The van der Waals surface area contributed by atoms with Crippen molar-refractivity contribution in [1.82, 2.24) is 10.3 Å². The molecule has 0 aliphatic carbocycles. The minimum atomic E-state index is 0.672. The molecule has 0 bridgehead atoms. The van der Waals surface area contributed by atoms with E-state index >= 15 is 0 Å². The van der Waals surface area contributed by atoms with Gasteiger partial charge in [-0.3, -0.25) is 4.98 Å². The highest BCUT2D eigenvalue weighted by Crippen LogP contribution is 2.21. The van der Waals surface area contributed by atoms with Gasteiger partial charge in [0.15, 0.2) is 0 Å². The van der Waals surface area contributed by atoms with Gasteiger partial charge >= 0.3 is 0 Å². The van der Waals surface area contributed by atoms with Crippen molar-refractivity contribution in [2.24, 2.45) is 0 Å². The predicted molar refractivity (Wildman–Crippen MR) is 71.9 cm³/mol. The van der Waals surface area contributed by atoms with Gasteiger partial charge < -0.3 is 5.32 Å². The zero-order chi connectivity index (χ0) is 13.0. The van der Waals surface area contributed by atoms with Crippen molar-refractivity contribution >= 4 is 0 Å². The van der Waals surface area contributed by atoms with Crippen LogP contribution in [0.2, 0.25) is 0 Å². The molecule has 0 aliphatic rings. The normalized spacial score (nSPS) is 10.1. The summed E-state index contributed by atoms with van der Waals surface area (Å²) >= 11 is 0. The quantitative estimate of drug-likeness (QED) is 0.892. The Kier molecular flexibility index (Phi) is 3.71. The SMILES string of the molecule is CNCc1ccnc(-c2cc(C)cc(C#N)c2)c1. The number of aryl methyl sites for hydroxylation is 1. The number of nitrogens with one attached hydrogen (secondary N) is 1. The first-order valence-corrected chi connectivity index (χ1v) is 5.84. The molecule has 0 radical (unpaired) electrons. The molecule has 0 amide bonds. The summed E-state index contributed by atoms with van der Waals surface area (Å²) in [6.07, 6.45) is 1.80. The minimum Gasteiger partial charge on any atom is -0.316 e. The highest BCUT2D eigenvalue weighted by Gasteiger charge is 2.03. The van der Waals surface area contributed by atoms with E-state index in [-0.39, 0.29) is 0 Å². The summed E-state index contributed by atoms with van der Waals surface area (Å²) < 4.78 is 0. The fraction of sp³-hybridized carbons (Fsp3) is 0.200. The highest BCUT2D eigenvalue weighted by molar-refractivity contribution is 5.63. The van der Waals surface area contributed by atoms with E-state index in [9.17, 15) is 0 Å². The van der Waals surface area contributed by atoms with E-state index in [1.54, 1.807) is 6.20 Å². The lowest BCUT2D eigenvalue weighted by Gasteiger charge is -2.06. The monoisotopic (exact) mass is 237 g/mol. The van der Waals surface area contributed by atoms with E-state index in [0.29, 0.717) is 5.56 Å². The van der Waals surface area contributed by atoms with Gasteiger partial charge in [0.1, 0.15) is 0 Å². The van der Waals surface area contributed by atoms with Crippen molar-refractivity contribution in [3.63, 3.8) is 0 Å². The zero-order valence-corrected chi connectivity index (χ0v) is 10.6. The Labute approximate surface area is 107 Å². The molecule has 1 N–H and O–H groups in total. The van der Waals surface area contributed by atoms with Crippen molar-refractivity contribution in [1.29, 1.82) is 5.26 Å². The van der Waals surface area contributed by atoms with E-state index in [1.165, 1.54) is 5.56 Å². The second-order valence-corrected chi connectivity index (χ2v) is 4.28. The molecular formula is C15H15N3. The van der Waals surface area contributed by atoms with Crippen LogP contribution in [0.25, 0.3) is 11.3 Å². The Morgan fingerprint density at radius 2 is 2.11 bits per heavy atom. The number of nitrogens with zero attached hydrogens (tertiary/aromatic N) is 2. The van der Waals surface area contributed by atoms with Crippen LogP contribution < -0.4 is 5.32 Å². The fourth-order valence-corrected chi connectivity index (χ4v) is 1.94.